The van der Waals surface area contributed by atoms with E-state index in [1.807, 2.05) is 0 Å². The van der Waals surface area contributed by atoms with Crippen LogP contribution < -0.4 is 4.74 Å². The van der Waals surface area contributed by atoms with Gasteiger partial charge in [0, 0.05) is 5.38 Å². The van der Waals surface area contributed by atoms with E-state index in [0.29, 0.717) is 11.3 Å². The molecule has 0 bridgehead atoms. The van der Waals surface area contributed by atoms with Crippen molar-refractivity contribution in [2.45, 2.75) is 50.3 Å². The Morgan fingerprint density at radius 2 is 2.12 bits per heavy atom. The van der Waals surface area contributed by atoms with Gasteiger partial charge in [0.05, 0.1) is 6.61 Å². The zero-order chi connectivity index (χ0) is 12.1. The van der Waals surface area contributed by atoms with Gasteiger partial charge >= 0.3 is 0 Å². The Kier molecular flexibility index (Phi) is 4.73. The van der Waals surface area contributed by atoms with Gasteiger partial charge in [-0.05, 0) is 43.2 Å². The van der Waals surface area contributed by atoms with E-state index < -0.39 is 0 Å². The second-order valence-electron chi connectivity index (χ2n) is 4.85. The maximum atomic E-state index is 6.28. The molecule has 1 aromatic rings. The van der Waals surface area contributed by atoms with Crippen LogP contribution in [-0.2, 0) is 0 Å². The van der Waals surface area contributed by atoms with Crippen molar-refractivity contribution in [3.05, 3.63) is 29.8 Å². The lowest BCUT2D eigenvalue weighted by Crippen LogP contribution is -2.15. The summed E-state index contributed by atoms with van der Waals surface area (Å²) in [5, 5.41) is 0.341. The lowest BCUT2D eigenvalue weighted by Gasteiger charge is -2.27. The molecule has 0 aromatic heterocycles. The van der Waals surface area contributed by atoms with Gasteiger partial charge in [-0.2, -0.15) is 0 Å². The summed E-state index contributed by atoms with van der Waals surface area (Å²) in [6, 6.07) is 8.44. The largest absolute Gasteiger partial charge is 0.493 e. The molecule has 2 heteroatoms. The van der Waals surface area contributed by atoms with Gasteiger partial charge in [0.1, 0.15) is 5.75 Å². The first kappa shape index (κ1) is 12.8. The SMILES string of the molecule is CCCOc1ccccc1C1CCCC(Cl)C1. The molecule has 0 spiro atoms. The molecule has 0 N–H and O–H groups in total. The van der Waals surface area contributed by atoms with Crippen LogP contribution in [0.4, 0.5) is 0 Å². The van der Waals surface area contributed by atoms with E-state index in [1.165, 1.54) is 18.4 Å². The Hall–Kier alpha value is -0.690. The van der Waals surface area contributed by atoms with E-state index in [1.54, 1.807) is 0 Å². The molecule has 1 fully saturated rings. The van der Waals surface area contributed by atoms with Crippen LogP contribution in [-0.4, -0.2) is 12.0 Å². The Morgan fingerprint density at radius 3 is 2.88 bits per heavy atom. The van der Waals surface area contributed by atoms with Crippen molar-refractivity contribution < 1.29 is 4.74 Å². The van der Waals surface area contributed by atoms with Crippen molar-refractivity contribution in [3.63, 3.8) is 0 Å². The van der Waals surface area contributed by atoms with E-state index in [2.05, 4.69) is 31.2 Å². The van der Waals surface area contributed by atoms with Crippen molar-refractivity contribution in [3.8, 4) is 5.75 Å². The van der Waals surface area contributed by atoms with Gasteiger partial charge in [0.25, 0.3) is 0 Å². The number of hydrogen-bond acceptors (Lipinski definition) is 1. The van der Waals surface area contributed by atoms with Gasteiger partial charge in [-0.3, -0.25) is 0 Å². The van der Waals surface area contributed by atoms with Crippen LogP contribution >= 0.6 is 11.6 Å². The molecule has 0 saturated heterocycles. The molecule has 2 rings (SSSR count). The highest BCUT2D eigenvalue weighted by atomic mass is 35.5. The molecular weight excluding hydrogens is 232 g/mol. The normalized spacial score (nSPS) is 24.6. The lowest BCUT2D eigenvalue weighted by molar-refractivity contribution is 0.308. The van der Waals surface area contributed by atoms with Gasteiger partial charge in [-0.25, -0.2) is 0 Å². The van der Waals surface area contributed by atoms with Crippen molar-refractivity contribution in [2.24, 2.45) is 0 Å². The number of ether oxygens (including phenoxy) is 1. The Balaban J connectivity index is 2.12. The summed E-state index contributed by atoms with van der Waals surface area (Å²) in [4.78, 5) is 0. The van der Waals surface area contributed by atoms with E-state index in [-0.39, 0.29) is 0 Å². The minimum absolute atomic E-state index is 0.341. The van der Waals surface area contributed by atoms with Crippen molar-refractivity contribution in [1.82, 2.24) is 0 Å². The first-order chi connectivity index (χ1) is 8.31. The van der Waals surface area contributed by atoms with E-state index in [4.69, 9.17) is 16.3 Å². The van der Waals surface area contributed by atoms with Crippen LogP contribution in [0.3, 0.4) is 0 Å². The quantitative estimate of drug-likeness (QED) is 0.704. The summed E-state index contributed by atoms with van der Waals surface area (Å²) in [6.07, 6.45) is 5.79. The van der Waals surface area contributed by atoms with Crippen LogP contribution in [0, 0.1) is 0 Å². The topological polar surface area (TPSA) is 9.23 Å². The molecule has 0 amide bonds. The average Bonchev–Trinajstić information content (AvgIpc) is 2.37. The van der Waals surface area contributed by atoms with E-state index in [9.17, 15) is 0 Å². The molecule has 1 nitrogen and oxygen atoms in total. The summed E-state index contributed by atoms with van der Waals surface area (Å²) in [5.74, 6) is 1.64. The fourth-order valence-corrected chi connectivity index (χ4v) is 2.94. The summed E-state index contributed by atoms with van der Waals surface area (Å²) in [5.41, 5.74) is 1.35. The summed E-state index contributed by atoms with van der Waals surface area (Å²) < 4.78 is 5.83. The molecule has 2 unspecified atom stereocenters. The number of hydrogen-bond donors (Lipinski definition) is 0. The zero-order valence-electron chi connectivity index (χ0n) is 10.5. The minimum Gasteiger partial charge on any atom is -0.493 e. The summed E-state index contributed by atoms with van der Waals surface area (Å²) >= 11 is 6.28. The average molecular weight is 253 g/mol. The monoisotopic (exact) mass is 252 g/mol. The van der Waals surface area contributed by atoms with Gasteiger partial charge in [0.15, 0.2) is 0 Å². The van der Waals surface area contributed by atoms with Gasteiger partial charge < -0.3 is 4.74 Å². The third kappa shape index (κ3) is 3.38. The second-order valence-corrected chi connectivity index (χ2v) is 5.46. The van der Waals surface area contributed by atoms with Gasteiger partial charge in [0.2, 0.25) is 0 Å². The molecule has 0 radical (unpaired) electrons. The van der Waals surface area contributed by atoms with Crippen LogP contribution in [0.25, 0.3) is 0 Å². The highest BCUT2D eigenvalue weighted by Gasteiger charge is 2.23. The maximum Gasteiger partial charge on any atom is 0.122 e. The molecule has 94 valence electrons. The molecule has 2 atom stereocenters. The van der Waals surface area contributed by atoms with E-state index >= 15 is 0 Å². The van der Waals surface area contributed by atoms with Crippen LogP contribution in [0.1, 0.15) is 50.5 Å². The third-order valence-electron chi connectivity index (χ3n) is 3.43. The fraction of sp³-hybridized carbons (Fsp3) is 0.600. The lowest BCUT2D eigenvalue weighted by atomic mass is 9.83. The minimum atomic E-state index is 0.341. The standard InChI is InChI=1S/C15H21ClO/c1-2-10-17-15-9-4-3-8-14(15)12-6-5-7-13(16)11-12/h3-4,8-9,12-13H,2,5-7,10-11H2,1H3. The highest BCUT2D eigenvalue weighted by molar-refractivity contribution is 6.20. The van der Waals surface area contributed by atoms with Gasteiger partial charge in [-0.15, -0.1) is 11.6 Å². The molecule has 1 aliphatic carbocycles. The van der Waals surface area contributed by atoms with Crippen molar-refractivity contribution in [1.29, 1.82) is 0 Å². The zero-order valence-corrected chi connectivity index (χ0v) is 11.2. The van der Waals surface area contributed by atoms with Crippen LogP contribution in [0.15, 0.2) is 24.3 Å². The van der Waals surface area contributed by atoms with Crippen molar-refractivity contribution in [2.75, 3.05) is 6.61 Å². The van der Waals surface area contributed by atoms with Crippen molar-refractivity contribution >= 4 is 11.6 Å². The number of benzene rings is 1. The van der Waals surface area contributed by atoms with Crippen LogP contribution in [0.2, 0.25) is 0 Å². The Labute approximate surface area is 109 Å². The number of halogens is 1. The molecule has 1 aliphatic rings. The molecular formula is C15H21ClO. The Bertz CT molecular complexity index is 351. The third-order valence-corrected chi connectivity index (χ3v) is 3.83. The number of alkyl halides is 1. The molecule has 17 heavy (non-hydrogen) atoms. The van der Waals surface area contributed by atoms with Gasteiger partial charge in [-0.1, -0.05) is 31.5 Å². The molecule has 0 aliphatic heterocycles. The smallest absolute Gasteiger partial charge is 0.122 e. The first-order valence-electron chi connectivity index (χ1n) is 6.67. The second kappa shape index (κ2) is 6.30. The number of para-hydroxylation sites is 1. The molecule has 1 aromatic carbocycles. The maximum absolute atomic E-state index is 6.28. The summed E-state index contributed by atoms with van der Waals surface area (Å²) in [7, 11) is 0. The molecule has 0 heterocycles. The molecule has 1 saturated carbocycles. The highest BCUT2D eigenvalue weighted by Crippen LogP contribution is 2.39. The fourth-order valence-electron chi connectivity index (χ4n) is 2.57. The number of rotatable bonds is 4. The first-order valence-corrected chi connectivity index (χ1v) is 7.10. The predicted octanol–water partition coefficient (Wildman–Crippen LogP) is 4.74. The summed E-state index contributed by atoms with van der Waals surface area (Å²) in [6.45, 7) is 2.94. The Morgan fingerprint density at radius 1 is 1.29 bits per heavy atom. The predicted molar refractivity (Wildman–Crippen MR) is 73.1 cm³/mol. The van der Waals surface area contributed by atoms with Crippen LogP contribution in [0.5, 0.6) is 5.75 Å². The van der Waals surface area contributed by atoms with E-state index in [0.717, 1.165) is 31.6 Å².